The SMILES string of the molecule is Cc1nn(C(C)C(=O)NCc2ccccc2)c(=O)c2c(C)n(-c3ccccc3)nc12. The molecular weight excluding hydrogens is 378 g/mol. The fourth-order valence-corrected chi connectivity index (χ4v) is 3.51. The fourth-order valence-electron chi connectivity index (χ4n) is 3.51. The third-order valence-electron chi connectivity index (χ3n) is 5.20. The van der Waals surface area contributed by atoms with Crippen molar-refractivity contribution in [2.75, 3.05) is 0 Å². The van der Waals surface area contributed by atoms with Crippen molar-refractivity contribution < 1.29 is 4.79 Å². The second-order valence-corrected chi connectivity index (χ2v) is 7.27. The standard InChI is InChI=1S/C23H23N5O2/c1-15-21-20(16(2)27(26-21)19-12-8-5-9-13-19)23(30)28(25-15)17(3)22(29)24-14-18-10-6-4-7-11-18/h4-13,17H,14H2,1-3H3,(H,24,29). The van der Waals surface area contributed by atoms with E-state index in [9.17, 15) is 9.59 Å². The molecule has 0 aliphatic heterocycles. The molecule has 1 amide bonds. The molecule has 0 saturated heterocycles. The number of nitrogens with zero attached hydrogens (tertiary/aromatic N) is 4. The molecule has 7 heteroatoms. The van der Waals surface area contributed by atoms with Crippen LogP contribution >= 0.6 is 0 Å². The Balaban J connectivity index is 1.69. The van der Waals surface area contributed by atoms with Crippen molar-refractivity contribution in [2.45, 2.75) is 33.4 Å². The van der Waals surface area contributed by atoms with Crippen LogP contribution in [-0.4, -0.2) is 25.5 Å². The molecule has 0 aliphatic rings. The van der Waals surface area contributed by atoms with Crippen LogP contribution in [0.15, 0.2) is 65.5 Å². The molecule has 0 aliphatic carbocycles. The second-order valence-electron chi connectivity index (χ2n) is 7.27. The first-order valence-corrected chi connectivity index (χ1v) is 9.83. The van der Waals surface area contributed by atoms with Gasteiger partial charge in [-0.25, -0.2) is 9.36 Å². The van der Waals surface area contributed by atoms with Gasteiger partial charge in [-0.15, -0.1) is 0 Å². The maximum atomic E-state index is 13.2. The highest BCUT2D eigenvalue weighted by atomic mass is 16.2. The number of fused-ring (bicyclic) bond motifs is 1. The van der Waals surface area contributed by atoms with Crippen molar-refractivity contribution in [3.8, 4) is 5.69 Å². The number of rotatable bonds is 5. The zero-order valence-electron chi connectivity index (χ0n) is 17.2. The van der Waals surface area contributed by atoms with Crippen molar-refractivity contribution in [3.05, 3.63) is 88.0 Å². The van der Waals surface area contributed by atoms with Gasteiger partial charge in [0.05, 0.1) is 22.5 Å². The van der Waals surface area contributed by atoms with Crippen LogP contribution in [0, 0.1) is 13.8 Å². The van der Waals surface area contributed by atoms with Crippen LogP contribution in [0.4, 0.5) is 0 Å². The average molecular weight is 401 g/mol. The number of carbonyl (C=O) groups is 1. The third-order valence-corrected chi connectivity index (χ3v) is 5.20. The van der Waals surface area contributed by atoms with E-state index in [4.69, 9.17) is 0 Å². The lowest BCUT2D eigenvalue weighted by molar-refractivity contribution is -0.124. The number of aromatic nitrogens is 4. The predicted octanol–water partition coefficient (Wildman–Crippen LogP) is 3.08. The Morgan fingerprint density at radius 3 is 2.30 bits per heavy atom. The van der Waals surface area contributed by atoms with Gasteiger partial charge in [0.25, 0.3) is 5.56 Å². The second kappa shape index (κ2) is 7.94. The van der Waals surface area contributed by atoms with Gasteiger partial charge in [0, 0.05) is 6.54 Å². The van der Waals surface area contributed by atoms with Crippen molar-refractivity contribution in [3.63, 3.8) is 0 Å². The zero-order chi connectivity index (χ0) is 21.3. The summed E-state index contributed by atoms with van der Waals surface area (Å²) in [5.74, 6) is -0.264. The number of amides is 1. The number of hydrogen-bond donors (Lipinski definition) is 1. The Morgan fingerprint density at radius 2 is 1.63 bits per heavy atom. The van der Waals surface area contributed by atoms with E-state index < -0.39 is 6.04 Å². The molecule has 4 rings (SSSR count). The maximum Gasteiger partial charge on any atom is 0.278 e. The highest BCUT2D eigenvalue weighted by molar-refractivity contribution is 5.84. The summed E-state index contributed by atoms with van der Waals surface area (Å²) >= 11 is 0. The van der Waals surface area contributed by atoms with E-state index in [1.54, 1.807) is 18.5 Å². The van der Waals surface area contributed by atoms with Crippen LogP contribution < -0.4 is 10.9 Å². The summed E-state index contributed by atoms with van der Waals surface area (Å²) in [6, 6.07) is 18.5. The van der Waals surface area contributed by atoms with Gasteiger partial charge < -0.3 is 5.32 Å². The molecule has 7 nitrogen and oxygen atoms in total. The molecule has 0 fully saturated rings. The lowest BCUT2D eigenvalue weighted by Gasteiger charge is -2.15. The largest absolute Gasteiger partial charge is 0.350 e. The van der Waals surface area contributed by atoms with Crippen molar-refractivity contribution in [1.82, 2.24) is 24.9 Å². The summed E-state index contributed by atoms with van der Waals surface area (Å²) in [7, 11) is 0. The van der Waals surface area contributed by atoms with E-state index in [2.05, 4.69) is 15.5 Å². The van der Waals surface area contributed by atoms with Gasteiger partial charge in [0.2, 0.25) is 5.91 Å². The first kappa shape index (κ1) is 19.6. The molecule has 0 radical (unpaired) electrons. The lowest BCUT2D eigenvalue weighted by Crippen LogP contribution is -2.37. The third kappa shape index (κ3) is 3.50. The number of hydrogen-bond acceptors (Lipinski definition) is 4. The van der Waals surface area contributed by atoms with E-state index in [1.807, 2.05) is 67.6 Å². The smallest absolute Gasteiger partial charge is 0.278 e. The number of benzene rings is 2. The molecule has 2 heterocycles. The van der Waals surface area contributed by atoms with Gasteiger partial charge in [0.15, 0.2) is 0 Å². The van der Waals surface area contributed by atoms with Gasteiger partial charge in [-0.3, -0.25) is 9.59 Å². The number of carbonyl (C=O) groups excluding carboxylic acids is 1. The minimum Gasteiger partial charge on any atom is -0.350 e. The van der Waals surface area contributed by atoms with E-state index in [0.717, 1.165) is 16.9 Å². The predicted molar refractivity (Wildman–Crippen MR) is 116 cm³/mol. The summed E-state index contributed by atoms with van der Waals surface area (Å²) in [6.07, 6.45) is 0. The van der Waals surface area contributed by atoms with Crippen LogP contribution in [0.5, 0.6) is 0 Å². The molecular formula is C23H23N5O2. The van der Waals surface area contributed by atoms with E-state index in [1.165, 1.54) is 4.68 Å². The highest BCUT2D eigenvalue weighted by Gasteiger charge is 2.23. The van der Waals surface area contributed by atoms with Crippen molar-refractivity contribution >= 4 is 16.8 Å². The Kier molecular flexibility index (Phi) is 5.18. The summed E-state index contributed by atoms with van der Waals surface area (Å²) in [5, 5.41) is 12.4. The summed E-state index contributed by atoms with van der Waals surface area (Å²) in [6.45, 7) is 5.73. The summed E-state index contributed by atoms with van der Waals surface area (Å²) in [4.78, 5) is 25.9. The Hall–Kier alpha value is -3.74. The lowest BCUT2D eigenvalue weighted by atomic mass is 10.2. The Morgan fingerprint density at radius 1 is 1.00 bits per heavy atom. The summed E-state index contributed by atoms with van der Waals surface area (Å²) in [5.41, 5.74) is 3.41. The van der Waals surface area contributed by atoms with Crippen LogP contribution in [-0.2, 0) is 11.3 Å². The molecule has 0 bridgehead atoms. The first-order chi connectivity index (χ1) is 14.5. The van der Waals surface area contributed by atoms with Crippen LogP contribution in [0.1, 0.15) is 29.9 Å². The van der Waals surface area contributed by atoms with Crippen LogP contribution in [0.3, 0.4) is 0 Å². The van der Waals surface area contributed by atoms with Gasteiger partial charge in [0.1, 0.15) is 11.6 Å². The molecule has 152 valence electrons. The molecule has 1 N–H and O–H groups in total. The van der Waals surface area contributed by atoms with Crippen LogP contribution in [0.2, 0.25) is 0 Å². The molecule has 1 unspecified atom stereocenters. The van der Waals surface area contributed by atoms with Gasteiger partial charge in [-0.05, 0) is 38.5 Å². The molecule has 30 heavy (non-hydrogen) atoms. The molecule has 0 spiro atoms. The van der Waals surface area contributed by atoms with Crippen LogP contribution in [0.25, 0.3) is 16.6 Å². The normalized spacial score (nSPS) is 12.1. The van der Waals surface area contributed by atoms with E-state index in [0.29, 0.717) is 23.1 Å². The maximum absolute atomic E-state index is 13.2. The Labute approximate surface area is 174 Å². The molecule has 2 aromatic carbocycles. The van der Waals surface area contributed by atoms with Crippen molar-refractivity contribution in [2.24, 2.45) is 0 Å². The topological polar surface area (TPSA) is 81.8 Å². The molecule has 4 aromatic rings. The summed E-state index contributed by atoms with van der Waals surface area (Å²) < 4.78 is 2.99. The Bertz CT molecular complexity index is 1260. The number of nitrogens with one attached hydrogen (secondary N) is 1. The minimum atomic E-state index is -0.746. The van der Waals surface area contributed by atoms with Gasteiger partial charge in [-0.2, -0.15) is 10.2 Å². The van der Waals surface area contributed by atoms with Gasteiger partial charge >= 0.3 is 0 Å². The molecule has 2 aromatic heterocycles. The van der Waals surface area contributed by atoms with E-state index >= 15 is 0 Å². The molecule has 0 saturated carbocycles. The minimum absolute atomic E-state index is 0.264. The zero-order valence-corrected chi connectivity index (χ0v) is 17.2. The molecule has 1 atom stereocenters. The number of para-hydroxylation sites is 1. The highest BCUT2D eigenvalue weighted by Crippen LogP contribution is 2.20. The first-order valence-electron chi connectivity index (χ1n) is 9.83. The van der Waals surface area contributed by atoms with Gasteiger partial charge in [-0.1, -0.05) is 48.5 Å². The monoisotopic (exact) mass is 401 g/mol. The average Bonchev–Trinajstić information content (AvgIpc) is 3.13. The van der Waals surface area contributed by atoms with Crippen molar-refractivity contribution in [1.29, 1.82) is 0 Å². The number of aryl methyl sites for hydroxylation is 2. The van der Waals surface area contributed by atoms with E-state index in [-0.39, 0.29) is 11.5 Å². The quantitative estimate of drug-likeness (QED) is 0.557. The fraction of sp³-hybridized carbons (Fsp3) is 0.217.